The molecular weight excluding hydrogens is 786 g/mol. The Balaban J connectivity index is 0.930. The minimum atomic E-state index is -4.84. The van der Waals surface area contributed by atoms with E-state index in [9.17, 15) is 37.6 Å². The summed E-state index contributed by atoms with van der Waals surface area (Å²) in [6.07, 6.45) is 2.41. The Morgan fingerprint density at radius 2 is 1.78 bits per heavy atom. The number of anilines is 4. The van der Waals surface area contributed by atoms with Crippen molar-refractivity contribution in [1.29, 1.82) is 5.26 Å². The molecule has 4 amide bonds. The highest BCUT2D eigenvalue weighted by Gasteiger charge is 2.52. The van der Waals surface area contributed by atoms with Crippen LogP contribution in [0.1, 0.15) is 82.5 Å². The van der Waals surface area contributed by atoms with Crippen molar-refractivity contribution < 1.29 is 37.1 Å². The predicted octanol–water partition coefficient (Wildman–Crippen LogP) is 6.25. The van der Waals surface area contributed by atoms with Crippen LogP contribution < -0.4 is 30.5 Å². The molecule has 0 spiro atoms. The number of nitrogens with zero attached hydrogens (tertiary/aromatic N) is 5. The van der Waals surface area contributed by atoms with Crippen molar-refractivity contribution in [1.82, 2.24) is 15.2 Å². The molecule has 1 aromatic heterocycles. The summed E-state index contributed by atoms with van der Waals surface area (Å²) < 4.78 is 47.7. The molecule has 4 saturated heterocycles. The molecule has 4 aliphatic heterocycles. The predicted molar refractivity (Wildman–Crippen MR) is 218 cm³/mol. The standard InChI is InChI=1S/C42H47F3N8O5S/c1-4-25-18-30(53-40(59)52(39(57)41(53,2)3)31-20-32(42(43,44)45)34(21-46)47-22-31)10-12-35(25)58-15-14-24-16-28-8-9-29(17-24)51(28)23-37(55)49-27-7-5-6-26(19-27)48-33-11-13-36(54)50-38(33)56/h5-7,10,12,18-20,22,24,28-29,33,40,48,59H,4,8-9,11,13-17,23H2,1-3H3,(H,49,55)(H,50,54,56)/t24-,28+,29-,33?,40?. The van der Waals surface area contributed by atoms with E-state index in [1.807, 2.05) is 31.2 Å². The maximum atomic E-state index is 13.8. The number of hydrogen-bond donors (Lipinski definition) is 4. The number of carbonyl (C=O) groups is 4. The van der Waals surface area contributed by atoms with E-state index in [1.54, 1.807) is 36.9 Å². The number of alkyl halides is 3. The van der Waals surface area contributed by atoms with Gasteiger partial charge in [-0.3, -0.25) is 34.3 Å². The molecule has 0 aliphatic carbocycles. The number of ether oxygens (including phenoxy) is 1. The Hall–Kier alpha value is -5.34. The zero-order valence-electron chi connectivity index (χ0n) is 33.0. The number of amides is 4. The lowest BCUT2D eigenvalue weighted by Gasteiger charge is -2.38. The van der Waals surface area contributed by atoms with Crippen molar-refractivity contribution in [3.8, 4) is 11.8 Å². The summed E-state index contributed by atoms with van der Waals surface area (Å²) in [4.78, 5) is 59.6. The van der Waals surface area contributed by atoms with Crippen molar-refractivity contribution in [2.75, 3.05) is 33.6 Å². The highest BCUT2D eigenvalue weighted by Crippen LogP contribution is 2.44. The van der Waals surface area contributed by atoms with Crippen LogP contribution in [0.2, 0.25) is 0 Å². The second-order valence-corrected chi connectivity index (χ2v) is 16.6. The summed E-state index contributed by atoms with van der Waals surface area (Å²) in [6, 6.07) is 15.1. The highest BCUT2D eigenvalue weighted by atomic mass is 32.1. The van der Waals surface area contributed by atoms with Crippen LogP contribution in [-0.4, -0.2) is 75.8 Å². The molecule has 5 heterocycles. The molecule has 2 unspecified atom stereocenters. The van der Waals surface area contributed by atoms with Gasteiger partial charge in [-0.05, 0) is 113 Å². The second kappa shape index (κ2) is 16.7. The lowest BCUT2D eigenvalue weighted by Crippen LogP contribution is -2.47. The molecule has 4 aliphatic rings. The van der Waals surface area contributed by atoms with Crippen LogP contribution in [0.5, 0.6) is 5.75 Å². The molecule has 3 N–H and O–H groups in total. The monoisotopic (exact) mass is 832 g/mol. The van der Waals surface area contributed by atoms with Gasteiger partial charge in [-0.25, -0.2) is 4.98 Å². The van der Waals surface area contributed by atoms with Crippen molar-refractivity contribution in [2.45, 2.75) is 107 Å². The van der Waals surface area contributed by atoms with Gasteiger partial charge in [-0.1, -0.05) is 13.0 Å². The van der Waals surface area contributed by atoms with Gasteiger partial charge < -0.3 is 20.3 Å². The van der Waals surface area contributed by atoms with E-state index < -0.39 is 40.4 Å². The van der Waals surface area contributed by atoms with E-state index in [-0.39, 0.29) is 29.8 Å². The quantitative estimate of drug-likeness (QED) is 0.122. The second-order valence-electron chi connectivity index (χ2n) is 16.1. The Morgan fingerprint density at radius 1 is 1.05 bits per heavy atom. The largest absolute Gasteiger partial charge is 0.493 e. The number of nitrogens with one attached hydrogen (secondary N) is 3. The molecule has 0 radical (unpaired) electrons. The number of hydrogen-bond acceptors (Lipinski definition) is 11. The number of piperidine rings is 2. The lowest BCUT2D eigenvalue weighted by atomic mass is 9.88. The molecule has 2 aromatic carbocycles. The third-order valence-corrected chi connectivity index (χ3v) is 12.4. The van der Waals surface area contributed by atoms with E-state index in [4.69, 9.17) is 17.4 Å². The Bertz CT molecular complexity index is 2170. The molecule has 13 nitrogen and oxygen atoms in total. The number of thiol groups is 1. The van der Waals surface area contributed by atoms with Crippen molar-refractivity contribution in [2.24, 2.45) is 5.92 Å². The number of halogens is 3. The van der Waals surface area contributed by atoms with Crippen molar-refractivity contribution in [3.63, 3.8) is 0 Å². The number of rotatable bonds is 12. The molecule has 59 heavy (non-hydrogen) atoms. The average Bonchev–Trinajstić information content (AvgIpc) is 3.51. The van der Waals surface area contributed by atoms with E-state index in [0.717, 1.165) is 54.8 Å². The minimum absolute atomic E-state index is 0.0992. The molecule has 7 rings (SSSR count). The number of carbonyl (C=O) groups excluding carboxylic acids is 4. The number of imide groups is 1. The number of nitriles is 1. The van der Waals surface area contributed by atoms with Gasteiger partial charge in [0.25, 0.3) is 5.91 Å². The van der Waals surface area contributed by atoms with Crippen molar-refractivity contribution in [3.05, 3.63) is 71.5 Å². The zero-order chi connectivity index (χ0) is 42.2. The maximum Gasteiger partial charge on any atom is 0.419 e. The van der Waals surface area contributed by atoms with Crippen LogP contribution in [0.25, 0.3) is 0 Å². The zero-order valence-corrected chi connectivity index (χ0v) is 33.9. The van der Waals surface area contributed by atoms with Gasteiger partial charge in [0.05, 0.1) is 30.6 Å². The van der Waals surface area contributed by atoms with E-state index in [1.165, 1.54) is 6.07 Å². The molecule has 312 valence electrons. The third kappa shape index (κ3) is 8.70. The summed E-state index contributed by atoms with van der Waals surface area (Å²) in [5.41, 5.74) is -1.39. The Morgan fingerprint density at radius 3 is 2.46 bits per heavy atom. The normalized spacial score (nSPS) is 24.2. The SMILES string of the molecule is CCc1cc(N2C(S)N(c3cnc(C#N)c(C(F)(F)F)c3)C(=O)C2(C)C)ccc1OCC[C@H]1C[C@H]2CC[C@@H](C1)N2CC(=O)Nc1cccc(NC2CCC(=O)NC2=O)c1. The molecule has 0 saturated carbocycles. The van der Waals surface area contributed by atoms with Gasteiger partial charge in [0.15, 0.2) is 11.2 Å². The van der Waals surface area contributed by atoms with Crippen LogP contribution in [0, 0.1) is 17.2 Å². The molecule has 2 bridgehead atoms. The first-order chi connectivity index (χ1) is 28.1. The fourth-order valence-corrected chi connectivity index (χ4v) is 9.60. The van der Waals surface area contributed by atoms with Gasteiger partial charge in [-0.2, -0.15) is 18.4 Å². The van der Waals surface area contributed by atoms with Gasteiger partial charge in [0, 0.05) is 35.6 Å². The molecule has 4 fully saturated rings. The number of pyridine rings is 1. The molecule has 3 aromatic rings. The number of benzene rings is 2. The Labute approximate surface area is 346 Å². The summed E-state index contributed by atoms with van der Waals surface area (Å²) in [6.45, 7) is 6.16. The lowest BCUT2D eigenvalue weighted by molar-refractivity contribution is -0.138. The van der Waals surface area contributed by atoms with Gasteiger partial charge in [0.2, 0.25) is 17.7 Å². The first-order valence-electron chi connectivity index (χ1n) is 19.9. The third-order valence-electron chi connectivity index (χ3n) is 11.9. The number of aryl methyl sites for hydroxylation is 1. The average molecular weight is 833 g/mol. The van der Waals surface area contributed by atoms with Gasteiger partial charge in [-0.15, -0.1) is 12.6 Å². The fourth-order valence-electron chi connectivity index (χ4n) is 8.94. The smallest absolute Gasteiger partial charge is 0.419 e. The van der Waals surface area contributed by atoms with Crippen LogP contribution in [-0.2, 0) is 31.8 Å². The van der Waals surface area contributed by atoms with Crippen LogP contribution in [0.3, 0.4) is 0 Å². The summed E-state index contributed by atoms with van der Waals surface area (Å²) in [5, 5.41) is 17.7. The van der Waals surface area contributed by atoms with Crippen LogP contribution in [0.4, 0.5) is 35.9 Å². The molecular formula is C42H47F3N8O5S. The molecule has 17 heteroatoms. The van der Waals surface area contributed by atoms with Crippen LogP contribution in [0.15, 0.2) is 54.7 Å². The van der Waals surface area contributed by atoms with Crippen LogP contribution >= 0.6 is 12.6 Å². The van der Waals surface area contributed by atoms with E-state index >= 15 is 0 Å². The number of fused-ring (bicyclic) bond motifs is 2. The van der Waals surface area contributed by atoms with Crippen molar-refractivity contribution >= 4 is 59.0 Å². The first kappa shape index (κ1) is 41.8. The maximum absolute atomic E-state index is 13.8. The minimum Gasteiger partial charge on any atom is -0.493 e. The molecule has 5 atom stereocenters. The highest BCUT2D eigenvalue weighted by molar-refractivity contribution is 7.81. The Kier molecular flexibility index (Phi) is 11.9. The summed E-state index contributed by atoms with van der Waals surface area (Å²) in [7, 11) is 0. The van der Waals surface area contributed by atoms with Gasteiger partial charge in [0.1, 0.15) is 23.4 Å². The van der Waals surface area contributed by atoms with E-state index in [2.05, 4.69) is 25.8 Å². The first-order valence-corrected chi connectivity index (χ1v) is 20.4. The topological polar surface area (TPSA) is 160 Å². The number of aromatic nitrogens is 1. The summed E-state index contributed by atoms with van der Waals surface area (Å²) in [5.74, 6) is -0.0520. The fraction of sp³-hybridized carbons (Fsp3) is 0.476. The van der Waals surface area contributed by atoms with Gasteiger partial charge >= 0.3 is 6.18 Å². The summed E-state index contributed by atoms with van der Waals surface area (Å²) >= 11 is 4.71. The van der Waals surface area contributed by atoms with E-state index in [0.29, 0.717) is 66.8 Å².